The molecule has 0 radical (unpaired) electrons. The van der Waals surface area contributed by atoms with Gasteiger partial charge in [0.05, 0.1) is 24.8 Å². The van der Waals surface area contributed by atoms with Crippen molar-refractivity contribution in [2.75, 3.05) is 25.1 Å². The van der Waals surface area contributed by atoms with Crippen LogP contribution in [0.15, 0.2) is 6.07 Å². The van der Waals surface area contributed by atoms with E-state index in [0.717, 1.165) is 24.8 Å². The molecule has 134 valence electrons. The molecule has 1 aromatic heterocycles. The summed E-state index contributed by atoms with van der Waals surface area (Å²) in [5.74, 6) is -0.482. The number of anilines is 1. The van der Waals surface area contributed by atoms with E-state index in [9.17, 15) is 14.7 Å². The topological polar surface area (TPSA) is 78.9 Å². The fourth-order valence-electron chi connectivity index (χ4n) is 3.11. The summed E-state index contributed by atoms with van der Waals surface area (Å²) in [7, 11) is 0. The van der Waals surface area contributed by atoms with E-state index in [1.807, 2.05) is 6.92 Å². The minimum atomic E-state index is -0.356. The van der Waals surface area contributed by atoms with Crippen molar-refractivity contribution >= 4 is 28.2 Å². The van der Waals surface area contributed by atoms with Crippen molar-refractivity contribution in [2.24, 2.45) is 0 Å². The van der Waals surface area contributed by atoms with Gasteiger partial charge in [0.15, 0.2) is 0 Å². The monoisotopic (exact) mass is 354 g/mol. The quantitative estimate of drug-likeness (QED) is 0.767. The number of piperidine rings is 1. The first-order valence-electron chi connectivity index (χ1n) is 8.40. The van der Waals surface area contributed by atoms with E-state index in [0.29, 0.717) is 16.5 Å². The Morgan fingerprint density at radius 1 is 1.46 bits per heavy atom. The normalized spacial score (nSPS) is 21.5. The number of hydrogen-bond acceptors (Lipinski definition) is 6. The molecule has 0 saturated carbocycles. The third-order valence-corrected chi connectivity index (χ3v) is 5.51. The van der Waals surface area contributed by atoms with Crippen molar-refractivity contribution in [3.05, 3.63) is 16.5 Å². The van der Waals surface area contributed by atoms with Gasteiger partial charge in [-0.2, -0.15) is 0 Å². The van der Waals surface area contributed by atoms with E-state index in [1.165, 1.54) is 11.3 Å². The van der Waals surface area contributed by atoms with Crippen molar-refractivity contribution in [1.82, 2.24) is 4.90 Å². The van der Waals surface area contributed by atoms with Crippen LogP contribution >= 0.6 is 11.3 Å². The number of likely N-dealkylation sites (tertiary alicyclic amines) is 1. The Kier molecular flexibility index (Phi) is 6.77. The summed E-state index contributed by atoms with van der Waals surface area (Å²) in [5.41, 5.74) is 0.799. The van der Waals surface area contributed by atoms with Gasteiger partial charge in [-0.1, -0.05) is 6.42 Å². The van der Waals surface area contributed by atoms with Crippen LogP contribution in [-0.2, 0) is 9.53 Å². The predicted octanol–water partition coefficient (Wildman–Crippen LogP) is 2.41. The Morgan fingerprint density at radius 3 is 2.88 bits per heavy atom. The maximum absolute atomic E-state index is 12.4. The van der Waals surface area contributed by atoms with Crippen LogP contribution in [0, 0.1) is 6.92 Å². The molecule has 1 aliphatic rings. The lowest BCUT2D eigenvalue weighted by Gasteiger charge is -2.39. The first kappa shape index (κ1) is 18.9. The van der Waals surface area contributed by atoms with E-state index >= 15 is 0 Å². The highest BCUT2D eigenvalue weighted by Gasteiger charge is 2.29. The van der Waals surface area contributed by atoms with Gasteiger partial charge < -0.3 is 15.2 Å². The summed E-state index contributed by atoms with van der Waals surface area (Å²) in [6, 6.07) is 2.11. The number of amides is 1. The lowest BCUT2D eigenvalue weighted by molar-refractivity contribution is -0.119. The molecule has 2 heterocycles. The average Bonchev–Trinajstić information content (AvgIpc) is 2.90. The predicted molar refractivity (Wildman–Crippen MR) is 94.5 cm³/mol. The van der Waals surface area contributed by atoms with Gasteiger partial charge in [-0.15, -0.1) is 11.3 Å². The standard InChI is InChI=1S/C17H26N2O4S/c1-4-23-17(22)16-11(2)8-15(24-16)18-14(21)9-19-12(3)6-5-7-13(19)10-20/h8,12-13,20H,4-7,9-10H2,1-3H3,(H,18,21)/t12-,13-/m1/s1. The maximum atomic E-state index is 12.4. The molecule has 2 atom stereocenters. The molecule has 0 aliphatic carbocycles. The highest BCUT2D eigenvalue weighted by Crippen LogP contribution is 2.28. The molecular formula is C17H26N2O4S. The van der Waals surface area contributed by atoms with Crippen LogP contribution in [-0.4, -0.2) is 53.7 Å². The Hall–Kier alpha value is -1.44. The molecule has 1 aliphatic heterocycles. The molecule has 7 heteroatoms. The fraction of sp³-hybridized carbons (Fsp3) is 0.647. The molecule has 24 heavy (non-hydrogen) atoms. The maximum Gasteiger partial charge on any atom is 0.348 e. The Bertz CT molecular complexity index is 587. The average molecular weight is 354 g/mol. The summed E-state index contributed by atoms with van der Waals surface area (Å²) in [4.78, 5) is 26.8. The zero-order valence-electron chi connectivity index (χ0n) is 14.5. The first-order chi connectivity index (χ1) is 11.5. The molecule has 0 spiro atoms. The van der Waals surface area contributed by atoms with Crippen LogP contribution in [0.5, 0.6) is 0 Å². The number of carbonyl (C=O) groups is 2. The molecule has 0 aromatic carbocycles. The number of hydrogen-bond donors (Lipinski definition) is 2. The molecule has 1 amide bonds. The highest BCUT2D eigenvalue weighted by atomic mass is 32.1. The van der Waals surface area contributed by atoms with E-state index in [2.05, 4.69) is 17.1 Å². The summed E-state index contributed by atoms with van der Waals surface area (Å²) in [5, 5.41) is 13.0. The van der Waals surface area contributed by atoms with Crippen molar-refractivity contribution in [3.8, 4) is 0 Å². The minimum Gasteiger partial charge on any atom is -0.462 e. The largest absolute Gasteiger partial charge is 0.462 e. The number of rotatable bonds is 6. The lowest BCUT2D eigenvalue weighted by atomic mass is 9.97. The number of aryl methyl sites for hydroxylation is 1. The zero-order chi connectivity index (χ0) is 17.7. The van der Waals surface area contributed by atoms with Crippen LogP contribution in [0.3, 0.4) is 0 Å². The van der Waals surface area contributed by atoms with Crippen LogP contribution in [0.1, 0.15) is 48.3 Å². The Morgan fingerprint density at radius 2 is 2.21 bits per heavy atom. The molecule has 1 fully saturated rings. The molecule has 2 rings (SSSR count). The SMILES string of the molecule is CCOC(=O)c1sc(NC(=O)CN2[C@@H](CO)CCC[C@H]2C)cc1C. The van der Waals surface area contributed by atoms with Gasteiger partial charge in [0.1, 0.15) is 4.88 Å². The van der Waals surface area contributed by atoms with Crippen molar-refractivity contribution in [1.29, 1.82) is 0 Å². The second kappa shape index (κ2) is 8.60. The van der Waals surface area contributed by atoms with Crippen molar-refractivity contribution < 1.29 is 19.4 Å². The third kappa shape index (κ3) is 4.55. The molecule has 0 unspecified atom stereocenters. The van der Waals surface area contributed by atoms with E-state index in [-0.39, 0.29) is 37.1 Å². The third-order valence-electron chi connectivity index (χ3n) is 4.37. The van der Waals surface area contributed by atoms with Crippen molar-refractivity contribution in [3.63, 3.8) is 0 Å². The number of carbonyl (C=O) groups excluding carboxylic acids is 2. The molecule has 2 N–H and O–H groups in total. The fourth-order valence-corrected chi connectivity index (χ4v) is 4.09. The second-order valence-corrected chi connectivity index (χ2v) is 7.23. The smallest absolute Gasteiger partial charge is 0.348 e. The number of esters is 1. The number of ether oxygens (including phenoxy) is 1. The number of aliphatic hydroxyl groups is 1. The summed E-state index contributed by atoms with van der Waals surface area (Å²) in [6.45, 7) is 6.32. The summed E-state index contributed by atoms with van der Waals surface area (Å²) >= 11 is 1.23. The molecule has 1 aromatic rings. The van der Waals surface area contributed by atoms with Gasteiger partial charge in [-0.25, -0.2) is 4.79 Å². The Balaban J connectivity index is 1.99. The minimum absolute atomic E-state index is 0.0414. The van der Waals surface area contributed by atoms with Crippen molar-refractivity contribution in [2.45, 2.75) is 52.1 Å². The zero-order valence-corrected chi connectivity index (χ0v) is 15.3. The van der Waals surface area contributed by atoms with E-state index in [1.54, 1.807) is 13.0 Å². The summed E-state index contributed by atoms with van der Waals surface area (Å²) < 4.78 is 5.01. The van der Waals surface area contributed by atoms with Gasteiger partial charge >= 0.3 is 5.97 Å². The molecule has 6 nitrogen and oxygen atoms in total. The number of nitrogens with zero attached hydrogens (tertiary/aromatic N) is 1. The highest BCUT2D eigenvalue weighted by molar-refractivity contribution is 7.18. The molecule has 1 saturated heterocycles. The Labute approximate surface area is 146 Å². The van der Waals surface area contributed by atoms with Crippen LogP contribution in [0.25, 0.3) is 0 Å². The second-order valence-electron chi connectivity index (χ2n) is 6.18. The van der Waals surface area contributed by atoms with Gasteiger partial charge in [0, 0.05) is 12.1 Å². The first-order valence-corrected chi connectivity index (χ1v) is 9.21. The lowest BCUT2D eigenvalue weighted by Crippen LogP contribution is -2.50. The summed E-state index contributed by atoms with van der Waals surface area (Å²) in [6.07, 6.45) is 3.03. The number of thiophene rings is 1. The molecule has 0 bridgehead atoms. The van der Waals surface area contributed by atoms with E-state index < -0.39 is 0 Å². The van der Waals surface area contributed by atoms with Crippen LogP contribution < -0.4 is 5.32 Å². The van der Waals surface area contributed by atoms with Gasteiger partial charge in [0.25, 0.3) is 0 Å². The number of aliphatic hydroxyl groups excluding tert-OH is 1. The number of nitrogens with one attached hydrogen (secondary N) is 1. The van der Waals surface area contributed by atoms with Gasteiger partial charge in [0.2, 0.25) is 5.91 Å². The van der Waals surface area contributed by atoms with Crippen LogP contribution in [0.4, 0.5) is 5.00 Å². The van der Waals surface area contributed by atoms with Gasteiger partial charge in [-0.05, 0) is 45.2 Å². The van der Waals surface area contributed by atoms with E-state index in [4.69, 9.17) is 4.74 Å². The van der Waals surface area contributed by atoms with Crippen LogP contribution in [0.2, 0.25) is 0 Å². The van der Waals surface area contributed by atoms with Gasteiger partial charge in [-0.3, -0.25) is 9.69 Å². The molecular weight excluding hydrogens is 328 g/mol.